The first-order valence-electron chi connectivity index (χ1n) is 8.13. The van der Waals surface area contributed by atoms with Crippen LogP contribution in [-0.4, -0.2) is 25.2 Å². The average Bonchev–Trinajstić information content (AvgIpc) is 2.96. The lowest BCUT2D eigenvalue weighted by molar-refractivity contribution is -0.136. The van der Waals surface area contributed by atoms with Gasteiger partial charge in [-0.25, -0.2) is 0 Å². The van der Waals surface area contributed by atoms with Crippen molar-refractivity contribution in [3.8, 4) is 5.75 Å². The number of anilines is 1. The minimum Gasteiger partial charge on any atom is -0.493 e. The summed E-state index contributed by atoms with van der Waals surface area (Å²) < 4.78 is 11.3. The van der Waals surface area contributed by atoms with Gasteiger partial charge in [0.1, 0.15) is 11.4 Å². The molecular weight excluding hydrogens is 278 g/mol. The highest BCUT2D eigenvalue weighted by molar-refractivity contribution is 5.97. The summed E-state index contributed by atoms with van der Waals surface area (Å²) in [5.41, 5.74) is 2.24. The van der Waals surface area contributed by atoms with E-state index in [1.807, 2.05) is 26.0 Å². The molecule has 1 aromatic rings. The van der Waals surface area contributed by atoms with Crippen LogP contribution in [0.2, 0.25) is 0 Å². The van der Waals surface area contributed by atoms with Crippen molar-refractivity contribution in [3.63, 3.8) is 0 Å². The lowest BCUT2D eigenvalue weighted by Crippen LogP contribution is -2.42. The fourth-order valence-electron chi connectivity index (χ4n) is 3.17. The van der Waals surface area contributed by atoms with Crippen molar-refractivity contribution in [2.24, 2.45) is 0 Å². The van der Waals surface area contributed by atoms with Crippen LogP contribution < -0.4 is 10.1 Å². The van der Waals surface area contributed by atoms with Gasteiger partial charge in [-0.15, -0.1) is 0 Å². The number of rotatable bonds is 6. The quantitative estimate of drug-likeness (QED) is 0.864. The molecule has 1 aromatic carbocycles. The van der Waals surface area contributed by atoms with Crippen LogP contribution in [0, 0.1) is 13.8 Å². The molecule has 1 amide bonds. The van der Waals surface area contributed by atoms with E-state index in [-0.39, 0.29) is 5.91 Å². The largest absolute Gasteiger partial charge is 0.493 e. The molecule has 0 bridgehead atoms. The number of methoxy groups -OCH3 is 1. The van der Waals surface area contributed by atoms with E-state index in [0.717, 1.165) is 54.7 Å². The molecule has 1 fully saturated rings. The van der Waals surface area contributed by atoms with Crippen molar-refractivity contribution < 1.29 is 14.3 Å². The molecule has 0 aromatic heterocycles. The van der Waals surface area contributed by atoms with Crippen molar-refractivity contribution in [1.82, 2.24) is 0 Å². The highest BCUT2D eigenvalue weighted by Crippen LogP contribution is 2.34. The Labute approximate surface area is 133 Å². The van der Waals surface area contributed by atoms with Gasteiger partial charge in [-0.3, -0.25) is 4.79 Å². The highest BCUT2D eigenvalue weighted by atomic mass is 16.5. The normalized spacial score (nSPS) is 16.5. The molecule has 122 valence electrons. The molecule has 1 aliphatic carbocycles. The van der Waals surface area contributed by atoms with Gasteiger partial charge in [0.25, 0.3) is 5.91 Å². The monoisotopic (exact) mass is 305 g/mol. The number of hydrogen-bond acceptors (Lipinski definition) is 3. The van der Waals surface area contributed by atoms with Crippen LogP contribution in [0.3, 0.4) is 0 Å². The Morgan fingerprint density at radius 2 is 1.82 bits per heavy atom. The van der Waals surface area contributed by atoms with Crippen LogP contribution in [0.25, 0.3) is 0 Å². The molecule has 0 atom stereocenters. The van der Waals surface area contributed by atoms with Crippen molar-refractivity contribution in [3.05, 3.63) is 23.3 Å². The van der Waals surface area contributed by atoms with Gasteiger partial charge in [0, 0.05) is 12.8 Å². The molecule has 0 heterocycles. The van der Waals surface area contributed by atoms with E-state index < -0.39 is 5.60 Å². The van der Waals surface area contributed by atoms with Gasteiger partial charge >= 0.3 is 0 Å². The zero-order valence-electron chi connectivity index (χ0n) is 14.1. The second-order valence-electron chi connectivity index (χ2n) is 6.15. The summed E-state index contributed by atoms with van der Waals surface area (Å²) in [6.45, 7) is 6.82. The minimum atomic E-state index is -0.654. The van der Waals surface area contributed by atoms with Gasteiger partial charge in [0.15, 0.2) is 0 Å². The Hall–Kier alpha value is -1.55. The predicted molar refractivity (Wildman–Crippen MR) is 88.5 cm³/mol. The van der Waals surface area contributed by atoms with Gasteiger partial charge < -0.3 is 14.8 Å². The number of hydrogen-bond donors (Lipinski definition) is 1. The fraction of sp³-hybridized carbons (Fsp3) is 0.611. The first kappa shape index (κ1) is 16.8. The average molecular weight is 305 g/mol. The molecule has 22 heavy (non-hydrogen) atoms. The minimum absolute atomic E-state index is 0.0338. The third-order valence-electron chi connectivity index (χ3n) is 4.38. The van der Waals surface area contributed by atoms with E-state index >= 15 is 0 Å². The molecule has 0 aliphatic heterocycles. The summed E-state index contributed by atoms with van der Waals surface area (Å²) in [7, 11) is 1.63. The Kier molecular flexibility index (Phi) is 5.46. The van der Waals surface area contributed by atoms with E-state index in [4.69, 9.17) is 9.47 Å². The first-order chi connectivity index (χ1) is 10.5. The van der Waals surface area contributed by atoms with Crippen molar-refractivity contribution in [1.29, 1.82) is 0 Å². The van der Waals surface area contributed by atoms with Gasteiger partial charge in [-0.1, -0.05) is 6.92 Å². The van der Waals surface area contributed by atoms with Gasteiger partial charge in [-0.05, 0) is 69.2 Å². The highest BCUT2D eigenvalue weighted by Gasteiger charge is 2.41. The van der Waals surface area contributed by atoms with Crippen molar-refractivity contribution >= 4 is 11.6 Å². The van der Waals surface area contributed by atoms with Crippen LogP contribution >= 0.6 is 0 Å². The molecule has 4 nitrogen and oxygen atoms in total. The van der Waals surface area contributed by atoms with Gasteiger partial charge in [0.2, 0.25) is 0 Å². The molecule has 0 spiro atoms. The topological polar surface area (TPSA) is 47.6 Å². The van der Waals surface area contributed by atoms with Crippen LogP contribution in [0.1, 0.15) is 50.2 Å². The van der Waals surface area contributed by atoms with E-state index in [0.29, 0.717) is 6.61 Å². The lowest BCUT2D eigenvalue weighted by atomic mass is 10.0. The fourth-order valence-corrected chi connectivity index (χ4v) is 3.17. The summed E-state index contributed by atoms with van der Waals surface area (Å²) in [5, 5.41) is 3.02. The van der Waals surface area contributed by atoms with E-state index in [1.165, 1.54) is 0 Å². The maximum atomic E-state index is 12.6. The summed E-state index contributed by atoms with van der Waals surface area (Å²) >= 11 is 0. The first-order valence-corrected chi connectivity index (χ1v) is 8.13. The Bertz CT molecular complexity index is 510. The van der Waals surface area contributed by atoms with Gasteiger partial charge in [-0.2, -0.15) is 0 Å². The predicted octanol–water partition coefficient (Wildman–Crippen LogP) is 3.99. The van der Waals surface area contributed by atoms with Crippen molar-refractivity contribution in [2.45, 2.75) is 58.5 Å². The lowest BCUT2D eigenvalue weighted by Gasteiger charge is -2.26. The van der Waals surface area contributed by atoms with Crippen molar-refractivity contribution in [2.75, 3.05) is 19.0 Å². The number of benzene rings is 1. The van der Waals surface area contributed by atoms with Crippen LogP contribution in [-0.2, 0) is 9.53 Å². The summed E-state index contributed by atoms with van der Waals surface area (Å²) in [6.07, 6.45) is 4.66. The number of ether oxygens (including phenoxy) is 2. The molecular formula is C18H27NO3. The third-order valence-corrected chi connectivity index (χ3v) is 4.38. The number of carbonyl (C=O) groups excluding carboxylic acids is 1. The molecule has 2 rings (SSSR count). The number of aryl methyl sites for hydroxylation is 2. The molecule has 1 aliphatic rings. The zero-order valence-corrected chi connectivity index (χ0v) is 14.1. The third kappa shape index (κ3) is 3.43. The summed E-state index contributed by atoms with van der Waals surface area (Å²) in [5.74, 6) is 0.885. The van der Waals surface area contributed by atoms with E-state index in [2.05, 4.69) is 12.2 Å². The molecule has 0 unspecified atom stereocenters. The summed E-state index contributed by atoms with van der Waals surface area (Å²) in [4.78, 5) is 12.6. The number of nitrogens with one attached hydrogen (secondary N) is 1. The molecule has 0 radical (unpaired) electrons. The maximum Gasteiger partial charge on any atom is 0.256 e. The van der Waals surface area contributed by atoms with E-state index in [1.54, 1.807) is 7.11 Å². The second-order valence-corrected chi connectivity index (χ2v) is 6.15. The number of carbonyl (C=O) groups is 1. The second kappa shape index (κ2) is 7.14. The Morgan fingerprint density at radius 3 is 2.32 bits per heavy atom. The van der Waals surface area contributed by atoms with Gasteiger partial charge in [0.05, 0.1) is 6.61 Å². The van der Waals surface area contributed by atoms with E-state index in [9.17, 15) is 4.79 Å². The molecule has 4 heteroatoms. The standard InChI is InChI=1S/C18H27NO3/c1-5-10-22-16-13(2)11-15(12-14(16)3)19-17(20)18(21-4)8-6-7-9-18/h11-12H,5-10H2,1-4H3,(H,19,20). The van der Waals surface area contributed by atoms with Crippen LogP contribution in [0.5, 0.6) is 5.75 Å². The summed E-state index contributed by atoms with van der Waals surface area (Å²) in [6, 6.07) is 3.93. The maximum absolute atomic E-state index is 12.6. The molecule has 1 N–H and O–H groups in total. The zero-order chi connectivity index (χ0) is 16.2. The Balaban J connectivity index is 2.14. The smallest absolute Gasteiger partial charge is 0.256 e. The Morgan fingerprint density at radius 1 is 1.23 bits per heavy atom. The molecule has 0 saturated heterocycles. The number of amides is 1. The molecule has 1 saturated carbocycles. The van der Waals surface area contributed by atoms with Crippen LogP contribution in [0.15, 0.2) is 12.1 Å². The SMILES string of the molecule is CCCOc1c(C)cc(NC(=O)C2(OC)CCCC2)cc1C. The van der Waals surface area contributed by atoms with Crippen LogP contribution in [0.4, 0.5) is 5.69 Å².